The zero-order valence-electron chi connectivity index (χ0n) is 15.1. The van der Waals surface area contributed by atoms with Crippen molar-refractivity contribution in [2.45, 2.75) is 25.4 Å². The van der Waals surface area contributed by atoms with Crippen LogP contribution in [0.1, 0.15) is 18.4 Å². The number of hydrogen-bond donors (Lipinski definition) is 1. The number of nitrogens with one attached hydrogen (secondary N) is 1. The summed E-state index contributed by atoms with van der Waals surface area (Å²) in [7, 11) is 3.25. The van der Waals surface area contributed by atoms with Gasteiger partial charge in [0.25, 0.3) is 0 Å². The van der Waals surface area contributed by atoms with E-state index in [1.807, 2.05) is 18.2 Å². The molecular formula is C20H24F2N2O2. The van der Waals surface area contributed by atoms with Crippen LogP contribution in [0.2, 0.25) is 0 Å². The lowest BCUT2D eigenvalue weighted by atomic mass is 10.0. The summed E-state index contributed by atoms with van der Waals surface area (Å²) in [6.45, 7) is 2.65. The summed E-state index contributed by atoms with van der Waals surface area (Å²) in [5, 5.41) is 3.31. The average Bonchev–Trinajstić information content (AvgIpc) is 2.65. The zero-order valence-corrected chi connectivity index (χ0v) is 15.1. The quantitative estimate of drug-likeness (QED) is 0.840. The summed E-state index contributed by atoms with van der Waals surface area (Å²) in [5.74, 6) is -0.214. The lowest BCUT2D eigenvalue weighted by molar-refractivity contribution is 0.208. The summed E-state index contributed by atoms with van der Waals surface area (Å²) >= 11 is 0. The van der Waals surface area contributed by atoms with Crippen molar-refractivity contribution in [1.82, 2.24) is 4.90 Å². The highest BCUT2D eigenvalue weighted by Gasteiger charge is 2.20. The molecule has 0 amide bonds. The van der Waals surface area contributed by atoms with E-state index in [-0.39, 0.29) is 6.04 Å². The Hall–Kier alpha value is -2.34. The van der Waals surface area contributed by atoms with E-state index in [1.54, 1.807) is 20.3 Å². The van der Waals surface area contributed by atoms with Crippen molar-refractivity contribution < 1.29 is 18.3 Å². The molecule has 6 heteroatoms. The van der Waals surface area contributed by atoms with Crippen LogP contribution in [-0.2, 0) is 6.54 Å². The number of benzene rings is 2. The molecule has 3 rings (SSSR count). The molecule has 2 aromatic carbocycles. The second kappa shape index (κ2) is 8.36. The number of anilines is 1. The van der Waals surface area contributed by atoms with Gasteiger partial charge in [-0.2, -0.15) is 0 Å². The number of piperidine rings is 1. The number of ether oxygens (including phenoxy) is 2. The first-order chi connectivity index (χ1) is 12.6. The van der Waals surface area contributed by atoms with Gasteiger partial charge in [0.05, 0.1) is 14.2 Å². The molecule has 0 radical (unpaired) electrons. The van der Waals surface area contributed by atoms with Crippen LogP contribution in [-0.4, -0.2) is 38.3 Å². The first-order valence-corrected chi connectivity index (χ1v) is 8.74. The van der Waals surface area contributed by atoms with E-state index in [0.29, 0.717) is 11.4 Å². The van der Waals surface area contributed by atoms with Crippen molar-refractivity contribution in [3.8, 4) is 11.5 Å². The minimum Gasteiger partial charge on any atom is -0.493 e. The number of methoxy groups -OCH3 is 2. The molecule has 0 bridgehead atoms. The van der Waals surface area contributed by atoms with Crippen LogP contribution in [0.4, 0.5) is 14.5 Å². The van der Waals surface area contributed by atoms with Crippen LogP contribution in [0, 0.1) is 11.6 Å². The van der Waals surface area contributed by atoms with Gasteiger partial charge in [-0.25, -0.2) is 8.78 Å². The van der Waals surface area contributed by atoms with Crippen LogP contribution in [0.15, 0.2) is 36.4 Å². The average molecular weight is 362 g/mol. The van der Waals surface area contributed by atoms with Gasteiger partial charge in [0.15, 0.2) is 23.1 Å². The molecule has 26 heavy (non-hydrogen) atoms. The molecule has 140 valence electrons. The summed E-state index contributed by atoms with van der Waals surface area (Å²) in [6.07, 6.45) is 2.05. The Kier molecular flexibility index (Phi) is 5.93. The highest BCUT2D eigenvalue weighted by atomic mass is 19.2. The van der Waals surface area contributed by atoms with Gasteiger partial charge in [0.2, 0.25) is 0 Å². The fraction of sp³-hybridized carbons (Fsp3) is 0.400. The predicted octanol–water partition coefficient (Wildman–Crippen LogP) is 4.06. The summed E-state index contributed by atoms with van der Waals surface area (Å²) in [5.41, 5.74) is 1.76. The number of halogens is 2. The third-order valence-electron chi connectivity index (χ3n) is 4.65. The topological polar surface area (TPSA) is 33.7 Å². The van der Waals surface area contributed by atoms with Crippen molar-refractivity contribution in [3.05, 3.63) is 53.6 Å². The fourth-order valence-corrected chi connectivity index (χ4v) is 3.38. The van der Waals surface area contributed by atoms with E-state index in [2.05, 4.69) is 10.2 Å². The van der Waals surface area contributed by atoms with Crippen molar-refractivity contribution in [3.63, 3.8) is 0 Å². The van der Waals surface area contributed by atoms with Gasteiger partial charge in [-0.1, -0.05) is 6.07 Å². The summed E-state index contributed by atoms with van der Waals surface area (Å²) < 4.78 is 37.1. The molecule has 4 nitrogen and oxygen atoms in total. The largest absolute Gasteiger partial charge is 0.493 e. The Bertz CT molecular complexity index is 755. The Morgan fingerprint density at radius 2 is 1.85 bits per heavy atom. The van der Waals surface area contributed by atoms with Crippen LogP contribution < -0.4 is 14.8 Å². The van der Waals surface area contributed by atoms with E-state index in [9.17, 15) is 8.78 Å². The third kappa shape index (κ3) is 4.43. The highest BCUT2D eigenvalue weighted by Crippen LogP contribution is 2.28. The normalized spacial score (nSPS) is 17.8. The van der Waals surface area contributed by atoms with Crippen LogP contribution >= 0.6 is 0 Å². The van der Waals surface area contributed by atoms with E-state index in [4.69, 9.17) is 9.47 Å². The molecule has 0 unspecified atom stereocenters. The van der Waals surface area contributed by atoms with Crippen molar-refractivity contribution in [2.24, 2.45) is 0 Å². The van der Waals surface area contributed by atoms with Crippen molar-refractivity contribution >= 4 is 5.69 Å². The minimum atomic E-state index is -0.826. The number of likely N-dealkylation sites (tertiary alicyclic amines) is 1. The molecule has 0 aliphatic carbocycles. The molecule has 1 aliphatic rings. The summed E-state index contributed by atoms with van der Waals surface area (Å²) in [4.78, 5) is 2.35. The Balaban J connectivity index is 1.62. The van der Waals surface area contributed by atoms with Gasteiger partial charge in [-0.15, -0.1) is 0 Å². The van der Waals surface area contributed by atoms with Crippen molar-refractivity contribution in [2.75, 3.05) is 32.6 Å². The monoisotopic (exact) mass is 362 g/mol. The van der Waals surface area contributed by atoms with E-state index >= 15 is 0 Å². The Morgan fingerprint density at radius 3 is 2.58 bits per heavy atom. The third-order valence-corrected chi connectivity index (χ3v) is 4.65. The number of rotatable bonds is 6. The molecular weight excluding hydrogens is 338 g/mol. The molecule has 2 aromatic rings. The molecule has 1 N–H and O–H groups in total. The number of hydrogen-bond acceptors (Lipinski definition) is 4. The van der Waals surface area contributed by atoms with Gasteiger partial charge in [-0.05, 0) is 49.2 Å². The van der Waals surface area contributed by atoms with E-state index in [1.165, 1.54) is 6.07 Å². The number of nitrogens with zero attached hydrogens (tertiary/aromatic N) is 1. The molecule has 1 heterocycles. The predicted molar refractivity (Wildman–Crippen MR) is 97.8 cm³/mol. The van der Waals surface area contributed by atoms with Crippen molar-refractivity contribution in [1.29, 1.82) is 0 Å². The molecule has 0 saturated carbocycles. The van der Waals surface area contributed by atoms with E-state index in [0.717, 1.165) is 49.9 Å². The maximum absolute atomic E-state index is 13.4. The molecule has 1 atom stereocenters. The maximum Gasteiger partial charge on any atom is 0.161 e. The van der Waals surface area contributed by atoms with Gasteiger partial charge < -0.3 is 14.8 Å². The van der Waals surface area contributed by atoms with Gasteiger partial charge in [-0.3, -0.25) is 4.90 Å². The van der Waals surface area contributed by atoms with Gasteiger partial charge in [0, 0.05) is 30.9 Å². The standard InChI is InChI=1S/C20H24F2N2O2/c1-25-19-8-5-14(10-20(19)26-2)12-24-9-3-4-16(13-24)23-15-6-7-17(21)18(22)11-15/h5-8,10-11,16,23H,3-4,9,12-13H2,1-2H3/t16-/m1/s1. The zero-order chi connectivity index (χ0) is 18.5. The highest BCUT2D eigenvalue weighted by molar-refractivity contribution is 5.45. The minimum absolute atomic E-state index is 0.203. The smallest absolute Gasteiger partial charge is 0.161 e. The second-order valence-electron chi connectivity index (χ2n) is 6.54. The summed E-state index contributed by atoms with van der Waals surface area (Å²) in [6, 6.07) is 10.1. The lowest BCUT2D eigenvalue weighted by Crippen LogP contribution is -2.41. The Morgan fingerprint density at radius 1 is 1.04 bits per heavy atom. The van der Waals surface area contributed by atoms with E-state index < -0.39 is 11.6 Å². The lowest BCUT2D eigenvalue weighted by Gasteiger charge is -2.33. The molecule has 1 fully saturated rings. The fourth-order valence-electron chi connectivity index (χ4n) is 3.38. The Labute approximate surface area is 152 Å². The molecule has 0 aromatic heterocycles. The first-order valence-electron chi connectivity index (χ1n) is 8.74. The molecule has 1 aliphatic heterocycles. The molecule has 0 spiro atoms. The van der Waals surface area contributed by atoms with Crippen LogP contribution in [0.5, 0.6) is 11.5 Å². The van der Waals surface area contributed by atoms with Gasteiger partial charge in [0.1, 0.15) is 0 Å². The molecule has 1 saturated heterocycles. The SMILES string of the molecule is COc1ccc(CN2CCC[C@@H](Nc3ccc(F)c(F)c3)C2)cc1OC. The van der Waals surface area contributed by atoms with Gasteiger partial charge >= 0.3 is 0 Å². The second-order valence-corrected chi connectivity index (χ2v) is 6.54. The van der Waals surface area contributed by atoms with Crippen LogP contribution in [0.25, 0.3) is 0 Å². The first kappa shape index (κ1) is 18.5. The van der Waals surface area contributed by atoms with Crippen LogP contribution in [0.3, 0.4) is 0 Å². The maximum atomic E-state index is 13.4.